The molecule has 1 aromatic rings. The fourth-order valence-electron chi connectivity index (χ4n) is 2.30. The molecule has 0 spiro atoms. The molecule has 0 aliphatic carbocycles. The monoisotopic (exact) mass is 248 g/mol. The van der Waals surface area contributed by atoms with E-state index in [4.69, 9.17) is 5.11 Å². The summed E-state index contributed by atoms with van der Waals surface area (Å²) in [6.45, 7) is 3.57. The van der Waals surface area contributed by atoms with E-state index in [1.807, 2.05) is 31.2 Å². The van der Waals surface area contributed by atoms with E-state index in [1.165, 1.54) is 0 Å². The maximum atomic E-state index is 12.0. The van der Waals surface area contributed by atoms with E-state index in [0.717, 1.165) is 24.1 Å². The van der Waals surface area contributed by atoms with Crippen LogP contribution in [0.5, 0.6) is 0 Å². The van der Waals surface area contributed by atoms with Gasteiger partial charge in [0.05, 0.1) is 12.5 Å². The lowest BCUT2D eigenvalue weighted by molar-refractivity contribution is -0.125. The van der Waals surface area contributed by atoms with Crippen molar-refractivity contribution in [1.29, 1.82) is 0 Å². The molecule has 0 aromatic heterocycles. The van der Waals surface area contributed by atoms with Crippen LogP contribution >= 0.6 is 0 Å². The summed E-state index contributed by atoms with van der Waals surface area (Å²) in [5.41, 5.74) is 1.94. The zero-order valence-electron chi connectivity index (χ0n) is 10.6. The smallest absolute Gasteiger partial charge is 0.224 e. The lowest BCUT2D eigenvalue weighted by Crippen LogP contribution is -2.36. The number of carbonyl (C=O) groups excluding carboxylic acids is 1. The van der Waals surface area contributed by atoms with E-state index in [2.05, 4.69) is 10.6 Å². The lowest BCUT2D eigenvalue weighted by Gasteiger charge is -2.15. The van der Waals surface area contributed by atoms with Crippen molar-refractivity contribution in [3.05, 3.63) is 35.4 Å². The molecule has 2 rings (SSSR count). The van der Waals surface area contributed by atoms with Crippen LogP contribution in [0.25, 0.3) is 0 Å². The second-order valence-electron chi connectivity index (χ2n) is 4.83. The average molecular weight is 248 g/mol. The molecule has 2 atom stereocenters. The summed E-state index contributed by atoms with van der Waals surface area (Å²) in [6.07, 6.45) is 0.913. The molecular formula is C14H20N2O2. The Hall–Kier alpha value is -1.39. The Bertz CT molecular complexity index is 403. The quantitative estimate of drug-likeness (QED) is 0.738. The van der Waals surface area contributed by atoms with Crippen molar-refractivity contribution >= 4 is 5.91 Å². The highest BCUT2D eigenvalue weighted by Crippen LogP contribution is 2.15. The van der Waals surface area contributed by atoms with E-state index < -0.39 is 0 Å². The third-order valence-corrected chi connectivity index (χ3v) is 3.53. The summed E-state index contributed by atoms with van der Waals surface area (Å²) in [5, 5.41) is 15.2. The fraction of sp³-hybridized carbons (Fsp3) is 0.500. The molecule has 1 aliphatic heterocycles. The third-order valence-electron chi connectivity index (χ3n) is 3.53. The number of rotatable bonds is 4. The van der Waals surface area contributed by atoms with Crippen molar-refractivity contribution in [2.75, 3.05) is 6.54 Å². The van der Waals surface area contributed by atoms with Crippen LogP contribution in [0.1, 0.15) is 24.5 Å². The molecule has 1 aliphatic rings. The molecule has 1 fully saturated rings. The summed E-state index contributed by atoms with van der Waals surface area (Å²) in [6, 6.07) is 7.88. The van der Waals surface area contributed by atoms with Crippen LogP contribution in [-0.4, -0.2) is 23.6 Å². The number of aliphatic hydroxyl groups is 1. The average Bonchev–Trinajstić information content (AvgIpc) is 2.83. The second kappa shape index (κ2) is 5.98. The van der Waals surface area contributed by atoms with Gasteiger partial charge < -0.3 is 15.7 Å². The third kappa shape index (κ3) is 3.09. The Labute approximate surface area is 107 Å². The van der Waals surface area contributed by atoms with Crippen molar-refractivity contribution in [1.82, 2.24) is 10.6 Å². The molecule has 1 heterocycles. The van der Waals surface area contributed by atoms with Crippen LogP contribution in [0.2, 0.25) is 0 Å². The summed E-state index contributed by atoms with van der Waals surface area (Å²) in [7, 11) is 0. The maximum Gasteiger partial charge on any atom is 0.224 e. The first-order valence-corrected chi connectivity index (χ1v) is 6.40. The van der Waals surface area contributed by atoms with Crippen LogP contribution in [0.3, 0.4) is 0 Å². The van der Waals surface area contributed by atoms with Gasteiger partial charge in [0.15, 0.2) is 0 Å². The highest BCUT2D eigenvalue weighted by Gasteiger charge is 2.28. The van der Waals surface area contributed by atoms with E-state index in [-0.39, 0.29) is 24.5 Å². The van der Waals surface area contributed by atoms with Crippen molar-refractivity contribution in [2.45, 2.75) is 32.5 Å². The fourth-order valence-corrected chi connectivity index (χ4v) is 2.30. The Morgan fingerprint density at radius 3 is 2.61 bits per heavy atom. The predicted molar refractivity (Wildman–Crippen MR) is 69.8 cm³/mol. The van der Waals surface area contributed by atoms with Crippen LogP contribution in [0.15, 0.2) is 24.3 Å². The molecule has 4 nitrogen and oxygen atoms in total. The Morgan fingerprint density at radius 2 is 2.06 bits per heavy atom. The molecule has 3 N–H and O–H groups in total. The summed E-state index contributed by atoms with van der Waals surface area (Å²) >= 11 is 0. The number of hydrogen-bond acceptors (Lipinski definition) is 3. The Kier molecular flexibility index (Phi) is 4.33. The largest absolute Gasteiger partial charge is 0.392 e. The number of aliphatic hydroxyl groups excluding tert-OH is 1. The molecule has 0 bridgehead atoms. The molecule has 1 saturated heterocycles. The van der Waals surface area contributed by atoms with Crippen molar-refractivity contribution < 1.29 is 9.90 Å². The van der Waals surface area contributed by atoms with Gasteiger partial charge in [-0.05, 0) is 31.0 Å². The van der Waals surface area contributed by atoms with Crippen LogP contribution < -0.4 is 10.6 Å². The first kappa shape index (κ1) is 13.1. The van der Waals surface area contributed by atoms with Crippen molar-refractivity contribution in [3.8, 4) is 0 Å². The van der Waals surface area contributed by atoms with E-state index in [9.17, 15) is 4.79 Å². The van der Waals surface area contributed by atoms with Crippen LogP contribution in [0, 0.1) is 5.92 Å². The number of nitrogens with one attached hydrogen (secondary N) is 2. The highest BCUT2D eigenvalue weighted by molar-refractivity contribution is 5.79. The topological polar surface area (TPSA) is 61.4 Å². The molecular weight excluding hydrogens is 228 g/mol. The number of amides is 1. The highest BCUT2D eigenvalue weighted by atomic mass is 16.3. The maximum absolute atomic E-state index is 12.0. The van der Waals surface area contributed by atoms with E-state index in [1.54, 1.807) is 0 Å². The van der Waals surface area contributed by atoms with Gasteiger partial charge in [-0.25, -0.2) is 0 Å². The zero-order chi connectivity index (χ0) is 13.0. The number of benzene rings is 1. The minimum absolute atomic E-state index is 0.0535. The molecule has 0 radical (unpaired) electrons. The van der Waals surface area contributed by atoms with Gasteiger partial charge in [-0.1, -0.05) is 24.3 Å². The van der Waals surface area contributed by atoms with Crippen molar-refractivity contribution in [2.24, 2.45) is 5.92 Å². The van der Waals surface area contributed by atoms with Gasteiger partial charge in [0.25, 0.3) is 0 Å². The Morgan fingerprint density at radius 1 is 1.39 bits per heavy atom. The first-order chi connectivity index (χ1) is 8.70. The normalized spacial score (nSPS) is 23.0. The molecule has 0 saturated carbocycles. The summed E-state index contributed by atoms with van der Waals surface area (Å²) in [4.78, 5) is 12.0. The van der Waals surface area contributed by atoms with Gasteiger partial charge in [-0.15, -0.1) is 0 Å². The predicted octanol–water partition coefficient (Wildman–Crippen LogP) is 0.793. The standard InChI is InChI=1S/C14H20N2O2/c1-10-13(6-7-15-10)14(18)16-8-11-2-4-12(9-17)5-3-11/h2-5,10,13,15,17H,6-9H2,1H3,(H,16,18). The van der Waals surface area contributed by atoms with Gasteiger partial charge in [-0.2, -0.15) is 0 Å². The van der Waals surface area contributed by atoms with Gasteiger partial charge >= 0.3 is 0 Å². The van der Waals surface area contributed by atoms with Gasteiger partial charge in [0, 0.05) is 12.6 Å². The number of hydrogen-bond donors (Lipinski definition) is 3. The van der Waals surface area contributed by atoms with E-state index in [0.29, 0.717) is 6.54 Å². The molecule has 1 amide bonds. The number of carbonyl (C=O) groups is 1. The second-order valence-corrected chi connectivity index (χ2v) is 4.83. The van der Waals surface area contributed by atoms with Gasteiger partial charge in [-0.3, -0.25) is 4.79 Å². The summed E-state index contributed by atoms with van der Waals surface area (Å²) < 4.78 is 0. The van der Waals surface area contributed by atoms with Crippen LogP contribution in [-0.2, 0) is 17.9 Å². The SMILES string of the molecule is CC1NCCC1C(=O)NCc1ccc(CO)cc1. The van der Waals surface area contributed by atoms with Crippen LogP contribution in [0.4, 0.5) is 0 Å². The molecule has 4 heteroatoms. The molecule has 2 unspecified atom stereocenters. The molecule has 1 aromatic carbocycles. The zero-order valence-corrected chi connectivity index (χ0v) is 10.6. The van der Waals surface area contributed by atoms with Gasteiger partial charge in [0.1, 0.15) is 0 Å². The molecule has 98 valence electrons. The first-order valence-electron chi connectivity index (χ1n) is 6.40. The summed E-state index contributed by atoms with van der Waals surface area (Å²) in [5.74, 6) is 0.209. The minimum atomic E-state index is 0.0535. The van der Waals surface area contributed by atoms with Crippen molar-refractivity contribution in [3.63, 3.8) is 0 Å². The van der Waals surface area contributed by atoms with E-state index >= 15 is 0 Å². The Balaban J connectivity index is 1.85. The minimum Gasteiger partial charge on any atom is -0.392 e. The lowest BCUT2D eigenvalue weighted by atomic mass is 10.0. The van der Waals surface area contributed by atoms with Gasteiger partial charge in [0.2, 0.25) is 5.91 Å². The molecule has 18 heavy (non-hydrogen) atoms.